The zero-order valence-corrected chi connectivity index (χ0v) is 13.5. The van der Waals surface area contributed by atoms with Crippen LogP contribution in [-0.4, -0.2) is 26.4 Å². The van der Waals surface area contributed by atoms with Gasteiger partial charge in [0.05, 0.1) is 6.61 Å². The van der Waals surface area contributed by atoms with Gasteiger partial charge in [-0.15, -0.1) is 0 Å². The van der Waals surface area contributed by atoms with Crippen molar-refractivity contribution in [2.24, 2.45) is 0 Å². The van der Waals surface area contributed by atoms with Gasteiger partial charge in [0.15, 0.2) is 0 Å². The number of ether oxygens (including phenoxy) is 2. The summed E-state index contributed by atoms with van der Waals surface area (Å²) < 4.78 is 12.2. The van der Waals surface area contributed by atoms with Crippen molar-refractivity contribution < 1.29 is 9.47 Å². The summed E-state index contributed by atoms with van der Waals surface area (Å²) in [4.78, 5) is 0. The summed E-state index contributed by atoms with van der Waals surface area (Å²) in [5, 5.41) is 3.40. The first-order chi connectivity index (χ1) is 9.27. The van der Waals surface area contributed by atoms with Gasteiger partial charge in [-0.25, -0.2) is 0 Å². The minimum absolute atomic E-state index is 0.697. The van der Waals surface area contributed by atoms with Crippen molar-refractivity contribution in [3.05, 3.63) is 28.2 Å². The lowest BCUT2D eigenvalue weighted by Gasteiger charge is -2.12. The Morgan fingerprint density at radius 3 is 2.79 bits per heavy atom. The highest BCUT2D eigenvalue weighted by Crippen LogP contribution is 2.23. The van der Waals surface area contributed by atoms with E-state index in [1.807, 2.05) is 19.1 Å². The molecule has 0 saturated carbocycles. The maximum absolute atomic E-state index is 5.83. The van der Waals surface area contributed by atoms with E-state index in [0.717, 1.165) is 49.4 Å². The van der Waals surface area contributed by atoms with E-state index in [-0.39, 0.29) is 0 Å². The maximum Gasteiger partial charge on any atom is 0.123 e. The molecule has 108 valence electrons. The average Bonchev–Trinajstić information content (AvgIpc) is 2.41. The van der Waals surface area contributed by atoms with Gasteiger partial charge >= 0.3 is 0 Å². The van der Waals surface area contributed by atoms with Gasteiger partial charge in [-0.05, 0) is 38.1 Å². The summed E-state index contributed by atoms with van der Waals surface area (Å²) in [7, 11) is 0. The second-order valence-corrected chi connectivity index (χ2v) is 5.24. The zero-order valence-electron chi connectivity index (χ0n) is 11.9. The largest absolute Gasteiger partial charge is 0.493 e. The Morgan fingerprint density at radius 2 is 2.05 bits per heavy atom. The van der Waals surface area contributed by atoms with Gasteiger partial charge in [0.1, 0.15) is 5.75 Å². The standard InChI is InChI=1S/C15H24BrNO2/c1-3-8-17-12-13-11-14(16)6-7-15(13)19-10-5-9-18-4-2/h6-7,11,17H,3-5,8-10,12H2,1-2H3. The van der Waals surface area contributed by atoms with Crippen LogP contribution < -0.4 is 10.1 Å². The molecule has 19 heavy (non-hydrogen) atoms. The molecular formula is C15H24BrNO2. The van der Waals surface area contributed by atoms with Crippen LogP contribution >= 0.6 is 15.9 Å². The third-order valence-corrected chi connectivity index (χ3v) is 3.15. The lowest BCUT2D eigenvalue weighted by atomic mass is 10.2. The van der Waals surface area contributed by atoms with Crippen LogP contribution in [0.1, 0.15) is 32.3 Å². The average molecular weight is 330 g/mol. The van der Waals surface area contributed by atoms with Gasteiger partial charge in [-0.1, -0.05) is 22.9 Å². The fraction of sp³-hybridized carbons (Fsp3) is 0.600. The Hall–Kier alpha value is -0.580. The Kier molecular flexibility index (Phi) is 8.88. The van der Waals surface area contributed by atoms with E-state index in [4.69, 9.17) is 9.47 Å². The molecule has 0 aromatic heterocycles. The molecule has 0 aliphatic rings. The molecule has 3 nitrogen and oxygen atoms in total. The van der Waals surface area contributed by atoms with E-state index >= 15 is 0 Å². The molecule has 4 heteroatoms. The normalized spacial score (nSPS) is 10.7. The number of hydrogen-bond acceptors (Lipinski definition) is 3. The molecule has 0 atom stereocenters. The molecule has 0 spiro atoms. The summed E-state index contributed by atoms with van der Waals surface area (Å²) in [5.41, 5.74) is 1.19. The van der Waals surface area contributed by atoms with Crippen LogP contribution in [0.2, 0.25) is 0 Å². The van der Waals surface area contributed by atoms with Crippen molar-refractivity contribution in [3.63, 3.8) is 0 Å². The molecule has 0 fully saturated rings. The highest BCUT2D eigenvalue weighted by atomic mass is 79.9. The molecular weight excluding hydrogens is 306 g/mol. The Labute approximate surface area is 124 Å². The Morgan fingerprint density at radius 1 is 1.21 bits per heavy atom. The molecule has 0 amide bonds. The van der Waals surface area contributed by atoms with E-state index < -0.39 is 0 Å². The van der Waals surface area contributed by atoms with E-state index in [9.17, 15) is 0 Å². The molecule has 0 bridgehead atoms. The van der Waals surface area contributed by atoms with E-state index in [2.05, 4.69) is 34.2 Å². The Balaban J connectivity index is 2.45. The summed E-state index contributed by atoms with van der Waals surface area (Å²) in [6.45, 7) is 8.26. The van der Waals surface area contributed by atoms with Crippen LogP contribution in [0.25, 0.3) is 0 Å². The maximum atomic E-state index is 5.83. The van der Waals surface area contributed by atoms with E-state index in [1.165, 1.54) is 5.56 Å². The quantitative estimate of drug-likeness (QED) is 0.663. The molecule has 1 N–H and O–H groups in total. The van der Waals surface area contributed by atoms with Crippen molar-refractivity contribution >= 4 is 15.9 Å². The number of hydrogen-bond donors (Lipinski definition) is 1. The molecule has 1 aromatic rings. The van der Waals surface area contributed by atoms with Gasteiger partial charge < -0.3 is 14.8 Å². The summed E-state index contributed by atoms with van der Waals surface area (Å²) in [6, 6.07) is 6.15. The Bertz CT molecular complexity index is 358. The first-order valence-corrected chi connectivity index (χ1v) is 7.77. The highest BCUT2D eigenvalue weighted by Gasteiger charge is 2.04. The third-order valence-electron chi connectivity index (χ3n) is 2.66. The van der Waals surface area contributed by atoms with Crippen LogP contribution in [0.3, 0.4) is 0 Å². The van der Waals surface area contributed by atoms with Gasteiger partial charge in [0.25, 0.3) is 0 Å². The van der Waals surface area contributed by atoms with Crippen molar-refractivity contribution in [1.82, 2.24) is 5.32 Å². The smallest absolute Gasteiger partial charge is 0.123 e. The summed E-state index contributed by atoms with van der Waals surface area (Å²) >= 11 is 3.50. The van der Waals surface area contributed by atoms with Gasteiger partial charge in [0, 0.05) is 36.2 Å². The zero-order chi connectivity index (χ0) is 13.9. The van der Waals surface area contributed by atoms with Crippen molar-refractivity contribution in [2.45, 2.75) is 33.2 Å². The molecule has 0 radical (unpaired) electrons. The van der Waals surface area contributed by atoms with Crippen molar-refractivity contribution in [2.75, 3.05) is 26.4 Å². The number of nitrogens with one attached hydrogen (secondary N) is 1. The highest BCUT2D eigenvalue weighted by molar-refractivity contribution is 9.10. The molecule has 0 aliphatic carbocycles. The van der Waals surface area contributed by atoms with Crippen LogP contribution in [0, 0.1) is 0 Å². The molecule has 0 aliphatic heterocycles. The number of rotatable bonds is 10. The molecule has 0 saturated heterocycles. The fourth-order valence-corrected chi connectivity index (χ4v) is 2.12. The lowest BCUT2D eigenvalue weighted by molar-refractivity contribution is 0.130. The second kappa shape index (κ2) is 10.2. The molecule has 1 rings (SSSR count). The van der Waals surface area contributed by atoms with E-state index in [1.54, 1.807) is 0 Å². The molecule has 0 unspecified atom stereocenters. The minimum atomic E-state index is 0.697. The van der Waals surface area contributed by atoms with Crippen LogP contribution in [0.5, 0.6) is 5.75 Å². The predicted octanol–water partition coefficient (Wildman–Crippen LogP) is 3.75. The van der Waals surface area contributed by atoms with Crippen LogP contribution in [0.4, 0.5) is 0 Å². The monoisotopic (exact) mass is 329 g/mol. The number of halogens is 1. The first-order valence-electron chi connectivity index (χ1n) is 6.97. The number of benzene rings is 1. The SMILES string of the molecule is CCCNCc1cc(Br)ccc1OCCCOCC. The third kappa shape index (κ3) is 6.95. The van der Waals surface area contributed by atoms with Crippen molar-refractivity contribution in [1.29, 1.82) is 0 Å². The molecule has 0 heterocycles. The van der Waals surface area contributed by atoms with Crippen LogP contribution in [-0.2, 0) is 11.3 Å². The first kappa shape index (κ1) is 16.5. The minimum Gasteiger partial charge on any atom is -0.493 e. The lowest BCUT2D eigenvalue weighted by Crippen LogP contribution is -2.15. The predicted molar refractivity (Wildman–Crippen MR) is 82.7 cm³/mol. The van der Waals surface area contributed by atoms with E-state index in [0.29, 0.717) is 6.61 Å². The summed E-state index contributed by atoms with van der Waals surface area (Å²) in [5.74, 6) is 0.961. The molecule has 1 aromatic carbocycles. The fourth-order valence-electron chi connectivity index (χ4n) is 1.71. The topological polar surface area (TPSA) is 30.5 Å². The van der Waals surface area contributed by atoms with Crippen molar-refractivity contribution in [3.8, 4) is 5.75 Å². The summed E-state index contributed by atoms with van der Waals surface area (Å²) in [6.07, 6.45) is 2.06. The van der Waals surface area contributed by atoms with Crippen LogP contribution in [0.15, 0.2) is 22.7 Å². The van der Waals surface area contributed by atoms with Gasteiger partial charge in [-0.2, -0.15) is 0 Å². The van der Waals surface area contributed by atoms with Gasteiger partial charge in [-0.3, -0.25) is 0 Å². The second-order valence-electron chi connectivity index (χ2n) is 4.33. The van der Waals surface area contributed by atoms with Gasteiger partial charge in [0.2, 0.25) is 0 Å².